The minimum atomic E-state index is -0.364. The standard InChI is InChI=1S/C17H18N2O/c1-12-7-8-14(18)15(11-12)19-16(20)17(9-10-17)13-5-3-2-4-6-13/h2-8,11H,9-10,18H2,1H3,(H,19,20). The summed E-state index contributed by atoms with van der Waals surface area (Å²) in [6.07, 6.45) is 1.79. The van der Waals surface area contributed by atoms with Crippen molar-refractivity contribution in [2.45, 2.75) is 25.2 Å². The fourth-order valence-electron chi connectivity index (χ4n) is 2.55. The van der Waals surface area contributed by atoms with Gasteiger partial charge in [-0.05, 0) is 43.0 Å². The van der Waals surface area contributed by atoms with Crippen molar-refractivity contribution in [3.05, 3.63) is 59.7 Å². The Balaban J connectivity index is 1.85. The van der Waals surface area contributed by atoms with Crippen LogP contribution in [-0.4, -0.2) is 5.91 Å². The molecule has 0 bridgehead atoms. The van der Waals surface area contributed by atoms with Gasteiger partial charge in [-0.2, -0.15) is 0 Å². The van der Waals surface area contributed by atoms with Crippen molar-refractivity contribution in [1.29, 1.82) is 0 Å². The molecule has 0 atom stereocenters. The molecule has 0 saturated heterocycles. The molecule has 3 heteroatoms. The molecule has 0 radical (unpaired) electrons. The van der Waals surface area contributed by atoms with Crippen molar-refractivity contribution in [1.82, 2.24) is 0 Å². The Hall–Kier alpha value is -2.29. The van der Waals surface area contributed by atoms with Gasteiger partial charge in [0.15, 0.2) is 0 Å². The number of anilines is 2. The highest BCUT2D eigenvalue weighted by molar-refractivity contribution is 6.03. The largest absolute Gasteiger partial charge is 0.397 e. The molecule has 0 unspecified atom stereocenters. The fraction of sp³-hybridized carbons (Fsp3) is 0.235. The lowest BCUT2D eigenvalue weighted by Gasteiger charge is -2.17. The molecule has 1 aliphatic carbocycles. The highest BCUT2D eigenvalue weighted by atomic mass is 16.2. The van der Waals surface area contributed by atoms with E-state index in [0.717, 1.165) is 24.0 Å². The number of carbonyl (C=O) groups is 1. The minimum absolute atomic E-state index is 0.0426. The zero-order chi connectivity index (χ0) is 14.2. The summed E-state index contributed by atoms with van der Waals surface area (Å²) in [5.74, 6) is 0.0426. The lowest BCUT2D eigenvalue weighted by atomic mass is 9.95. The number of aryl methyl sites for hydroxylation is 1. The number of carbonyl (C=O) groups excluding carboxylic acids is 1. The van der Waals surface area contributed by atoms with E-state index in [0.29, 0.717) is 11.4 Å². The number of benzene rings is 2. The van der Waals surface area contributed by atoms with E-state index in [9.17, 15) is 4.79 Å². The summed E-state index contributed by atoms with van der Waals surface area (Å²) in [6.45, 7) is 1.99. The van der Waals surface area contributed by atoms with Gasteiger partial charge in [0.25, 0.3) is 0 Å². The molecule has 0 aliphatic heterocycles. The Kier molecular flexibility index (Phi) is 2.97. The predicted octanol–water partition coefficient (Wildman–Crippen LogP) is 3.25. The van der Waals surface area contributed by atoms with Crippen molar-refractivity contribution in [3.8, 4) is 0 Å². The van der Waals surface area contributed by atoms with E-state index >= 15 is 0 Å². The number of nitrogens with two attached hydrogens (primary N) is 1. The molecule has 1 fully saturated rings. The zero-order valence-corrected chi connectivity index (χ0v) is 11.5. The van der Waals surface area contributed by atoms with Crippen molar-refractivity contribution in [3.63, 3.8) is 0 Å². The molecule has 3 nitrogen and oxygen atoms in total. The van der Waals surface area contributed by atoms with E-state index in [1.54, 1.807) is 0 Å². The predicted molar refractivity (Wildman–Crippen MR) is 81.6 cm³/mol. The van der Waals surface area contributed by atoms with Gasteiger partial charge < -0.3 is 11.1 Å². The van der Waals surface area contributed by atoms with Crippen LogP contribution in [0.5, 0.6) is 0 Å². The molecule has 1 amide bonds. The Morgan fingerprint density at radius 2 is 1.85 bits per heavy atom. The van der Waals surface area contributed by atoms with Crippen LogP contribution in [-0.2, 0) is 10.2 Å². The number of nitrogens with one attached hydrogen (secondary N) is 1. The van der Waals surface area contributed by atoms with E-state index in [4.69, 9.17) is 5.73 Å². The first-order valence-corrected chi connectivity index (χ1v) is 6.85. The van der Waals surface area contributed by atoms with Gasteiger partial charge in [-0.25, -0.2) is 0 Å². The lowest BCUT2D eigenvalue weighted by molar-refractivity contribution is -0.118. The van der Waals surface area contributed by atoms with E-state index < -0.39 is 0 Å². The summed E-state index contributed by atoms with van der Waals surface area (Å²) in [5.41, 5.74) is 9.04. The molecular weight excluding hydrogens is 248 g/mol. The number of hydrogen-bond acceptors (Lipinski definition) is 2. The van der Waals surface area contributed by atoms with Crippen LogP contribution >= 0.6 is 0 Å². The van der Waals surface area contributed by atoms with Crippen LogP contribution in [0.25, 0.3) is 0 Å². The highest BCUT2D eigenvalue weighted by Gasteiger charge is 2.51. The first-order valence-electron chi connectivity index (χ1n) is 6.85. The third-order valence-corrected chi connectivity index (χ3v) is 3.97. The van der Waals surface area contributed by atoms with Gasteiger partial charge in [0.05, 0.1) is 16.8 Å². The van der Waals surface area contributed by atoms with Gasteiger partial charge in [0, 0.05) is 0 Å². The van der Waals surface area contributed by atoms with Gasteiger partial charge >= 0.3 is 0 Å². The average molecular weight is 266 g/mol. The maximum atomic E-state index is 12.6. The summed E-state index contributed by atoms with van der Waals surface area (Å²) in [6, 6.07) is 15.6. The van der Waals surface area contributed by atoms with Crippen LogP contribution in [0, 0.1) is 6.92 Å². The molecule has 1 aliphatic rings. The Morgan fingerprint density at radius 1 is 1.15 bits per heavy atom. The number of rotatable bonds is 3. The van der Waals surface area contributed by atoms with E-state index in [2.05, 4.69) is 5.32 Å². The first-order chi connectivity index (χ1) is 9.62. The molecular formula is C17H18N2O. The van der Waals surface area contributed by atoms with Gasteiger partial charge in [0.1, 0.15) is 0 Å². The molecule has 1 saturated carbocycles. The number of nitrogen functional groups attached to an aromatic ring is 1. The lowest BCUT2D eigenvalue weighted by Crippen LogP contribution is -2.28. The molecule has 2 aromatic rings. The Morgan fingerprint density at radius 3 is 2.50 bits per heavy atom. The number of amides is 1. The monoisotopic (exact) mass is 266 g/mol. The summed E-state index contributed by atoms with van der Waals surface area (Å²) >= 11 is 0. The van der Waals surface area contributed by atoms with Gasteiger partial charge in [0.2, 0.25) is 5.91 Å². The van der Waals surface area contributed by atoms with Crippen molar-refractivity contribution < 1.29 is 4.79 Å². The highest BCUT2D eigenvalue weighted by Crippen LogP contribution is 2.49. The van der Waals surface area contributed by atoms with E-state index in [1.165, 1.54) is 0 Å². The molecule has 0 spiro atoms. The second kappa shape index (κ2) is 4.67. The second-order valence-electron chi connectivity index (χ2n) is 5.49. The van der Waals surface area contributed by atoms with E-state index in [1.807, 2.05) is 55.5 Å². The maximum absolute atomic E-state index is 12.6. The molecule has 3 N–H and O–H groups in total. The van der Waals surface area contributed by atoms with Gasteiger partial charge in [-0.3, -0.25) is 4.79 Å². The topological polar surface area (TPSA) is 55.1 Å². The maximum Gasteiger partial charge on any atom is 0.235 e. The fourth-order valence-corrected chi connectivity index (χ4v) is 2.55. The molecule has 0 aromatic heterocycles. The van der Waals surface area contributed by atoms with Crippen LogP contribution in [0.3, 0.4) is 0 Å². The second-order valence-corrected chi connectivity index (χ2v) is 5.49. The molecule has 2 aromatic carbocycles. The first kappa shape index (κ1) is 12.7. The van der Waals surface area contributed by atoms with Gasteiger partial charge in [-0.15, -0.1) is 0 Å². The van der Waals surface area contributed by atoms with Crippen LogP contribution in [0.15, 0.2) is 48.5 Å². The molecule has 0 heterocycles. The van der Waals surface area contributed by atoms with Crippen LogP contribution in [0.1, 0.15) is 24.0 Å². The Bertz CT molecular complexity index is 645. The molecule has 3 rings (SSSR count). The van der Waals surface area contributed by atoms with E-state index in [-0.39, 0.29) is 11.3 Å². The molecule has 20 heavy (non-hydrogen) atoms. The van der Waals surface area contributed by atoms with Crippen LogP contribution in [0.4, 0.5) is 11.4 Å². The third kappa shape index (κ3) is 2.16. The van der Waals surface area contributed by atoms with Crippen molar-refractivity contribution in [2.75, 3.05) is 11.1 Å². The summed E-state index contributed by atoms with van der Waals surface area (Å²) in [5, 5.41) is 2.99. The minimum Gasteiger partial charge on any atom is -0.397 e. The summed E-state index contributed by atoms with van der Waals surface area (Å²) in [7, 11) is 0. The van der Waals surface area contributed by atoms with Gasteiger partial charge in [-0.1, -0.05) is 36.4 Å². The van der Waals surface area contributed by atoms with Crippen LogP contribution < -0.4 is 11.1 Å². The smallest absolute Gasteiger partial charge is 0.235 e. The van der Waals surface area contributed by atoms with Crippen molar-refractivity contribution >= 4 is 17.3 Å². The third-order valence-electron chi connectivity index (χ3n) is 3.97. The van der Waals surface area contributed by atoms with Crippen LogP contribution in [0.2, 0.25) is 0 Å². The number of hydrogen-bond donors (Lipinski definition) is 2. The SMILES string of the molecule is Cc1ccc(N)c(NC(=O)C2(c3ccccc3)CC2)c1. The Labute approximate surface area is 118 Å². The quantitative estimate of drug-likeness (QED) is 0.838. The zero-order valence-electron chi connectivity index (χ0n) is 11.5. The normalized spacial score (nSPS) is 15.7. The molecule has 102 valence electrons. The summed E-state index contributed by atoms with van der Waals surface area (Å²) in [4.78, 5) is 12.6. The van der Waals surface area contributed by atoms with Crippen molar-refractivity contribution in [2.24, 2.45) is 0 Å². The summed E-state index contributed by atoms with van der Waals surface area (Å²) < 4.78 is 0. The average Bonchev–Trinajstić information content (AvgIpc) is 3.25.